The Kier molecular flexibility index (Phi) is 6.00. The molecule has 100 valence electrons. The van der Waals surface area contributed by atoms with Crippen LogP contribution in [0.15, 0.2) is 18.2 Å². The minimum absolute atomic E-state index is 0.222. The molecule has 0 unspecified atom stereocenters. The van der Waals surface area contributed by atoms with Crippen LogP contribution in [0.4, 0.5) is 0 Å². The summed E-state index contributed by atoms with van der Waals surface area (Å²) in [5.41, 5.74) is 0.988. The van der Waals surface area contributed by atoms with Crippen molar-refractivity contribution in [1.29, 1.82) is 0 Å². The second kappa shape index (κ2) is 7.55. The zero-order valence-electron chi connectivity index (χ0n) is 11.0. The quantitative estimate of drug-likeness (QED) is 0.587. The predicted molar refractivity (Wildman–Crippen MR) is 67.9 cm³/mol. The molecule has 1 N–H and O–H groups in total. The summed E-state index contributed by atoms with van der Waals surface area (Å²) >= 11 is 0. The zero-order valence-corrected chi connectivity index (χ0v) is 11.0. The van der Waals surface area contributed by atoms with Crippen LogP contribution in [0.1, 0.15) is 12.0 Å². The fraction of sp³-hybridized carbons (Fsp3) is 0.462. The van der Waals surface area contributed by atoms with Crippen LogP contribution < -0.4 is 14.8 Å². The Hall–Kier alpha value is -1.75. The summed E-state index contributed by atoms with van der Waals surface area (Å²) in [5.74, 6) is 1.35. The molecular formula is C13H19NO4. The maximum absolute atomic E-state index is 10.9. The van der Waals surface area contributed by atoms with Gasteiger partial charge in [-0.1, -0.05) is 0 Å². The Morgan fingerprint density at radius 1 is 1.22 bits per heavy atom. The third kappa shape index (κ3) is 4.25. The average Bonchev–Trinajstić information content (AvgIpc) is 2.42. The minimum atomic E-state index is -0.222. The van der Waals surface area contributed by atoms with Gasteiger partial charge < -0.3 is 19.5 Å². The first-order valence-electron chi connectivity index (χ1n) is 5.69. The maximum Gasteiger partial charge on any atom is 0.306 e. The standard InChI is InChI=1S/C13H19NO4/c1-16-11-4-5-12(17-2)10(8-11)9-14-7-6-13(15)18-3/h4-5,8,14H,6-7,9H2,1-3H3. The molecule has 5 heteroatoms. The van der Waals surface area contributed by atoms with Gasteiger partial charge in [-0.15, -0.1) is 0 Å². The molecule has 0 aromatic heterocycles. The van der Waals surface area contributed by atoms with Gasteiger partial charge in [0.2, 0.25) is 0 Å². The molecule has 0 amide bonds. The first-order chi connectivity index (χ1) is 8.71. The molecule has 1 rings (SSSR count). The van der Waals surface area contributed by atoms with E-state index >= 15 is 0 Å². The molecule has 1 aromatic rings. The van der Waals surface area contributed by atoms with Crippen molar-refractivity contribution in [3.63, 3.8) is 0 Å². The largest absolute Gasteiger partial charge is 0.497 e. The van der Waals surface area contributed by atoms with Gasteiger partial charge in [0.15, 0.2) is 0 Å². The average molecular weight is 253 g/mol. The van der Waals surface area contributed by atoms with Crippen LogP contribution in [0.2, 0.25) is 0 Å². The number of carbonyl (C=O) groups is 1. The summed E-state index contributed by atoms with van der Waals surface area (Å²) in [7, 11) is 4.63. The van der Waals surface area contributed by atoms with Gasteiger partial charge in [0.05, 0.1) is 27.8 Å². The van der Waals surface area contributed by atoms with Crippen LogP contribution in [0, 0.1) is 0 Å². The van der Waals surface area contributed by atoms with Crippen molar-refractivity contribution in [3.8, 4) is 11.5 Å². The third-order valence-electron chi connectivity index (χ3n) is 2.54. The van der Waals surface area contributed by atoms with E-state index in [1.807, 2.05) is 18.2 Å². The molecule has 18 heavy (non-hydrogen) atoms. The molecule has 0 aliphatic heterocycles. The highest BCUT2D eigenvalue weighted by atomic mass is 16.5. The van der Waals surface area contributed by atoms with E-state index in [2.05, 4.69) is 10.1 Å². The summed E-state index contributed by atoms with van der Waals surface area (Å²) in [4.78, 5) is 10.9. The molecule has 0 saturated carbocycles. The number of rotatable bonds is 7. The second-order valence-electron chi connectivity index (χ2n) is 3.68. The van der Waals surface area contributed by atoms with Crippen molar-refractivity contribution in [3.05, 3.63) is 23.8 Å². The maximum atomic E-state index is 10.9. The second-order valence-corrected chi connectivity index (χ2v) is 3.68. The Bertz CT molecular complexity index is 393. The first-order valence-corrected chi connectivity index (χ1v) is 5.69. The van der Waals surface area contributed by atoms with Crippen LogP contribution in [0.25, 0.3) is 0 Å². The van der Waals surface area contributed by atoms with Gasteiger partial charge in [-0.25, -0.2) is 0 Å². The van der Waals surface area contributed by atoms with E-state index in [0.29, 0.717) is 19.5 Å². The molecule has 0 aliphatic rings. The van der Waals surface area contributed by atoms with E-state index in [-0.39, 0.29) is 5.97 Å². The van der Waals surface area contributed by atoms with Crippen LogP contribution in [-0.4, -0.2) is 33.8 Å². The van der Waals surface area contributed by atoms with Crippen molar-refractivity contribution in [1.82, 2.24) is 5.32 Å². The molecule has 0 bridgehead atoms. The van der Waals surface area contributed by atoms with Crippen LogP contribution in [-0.2, 0) is 16.1 Å². The minimum Gasteiger partial charge on any atom is -0.497 e. The van der Waals surface area contributed by atoms with Gasteiger partial charge in [-0.05, 0) is 18.2 Å². The van der Waals surface area contributed by atoms with Gasteiger partial charge >= 0.3 is 5.97 Å². The molecule has 0 atom stereocenters. The number of benzene rings is 1. The fourth-order valence-corrected chi connectivity index (χ4v) is 1.54. The molecule has 0 heterocycles. The molecule has 0 fully saturated rings. The van der Waals surface area contributed by atoms with E-state index in [1.165, 1.54) is 7.11 Å². The summed E-state index contributed by atoms with van der Waals surface area (Å²) < 4.78 is 15.0. The summed E-state index contributed by atoms with van der Waals surface area (Å²) in [6.45, 7) is 1.17. The van der Waals surface area contributed by atoms with Crippen molar-refractivity contribution < 1.29 is 19.0 Å². The lowest BCUT2D eigenvalue weighted by Gasteiger charge is -2.11. The van der Waals surface area contributed by atoms with Crippen molar-refractivity contribution in [2.75, 3.05) is 27.9 Å². The molecular weight excluding hydrogens is 234 g/mol. The normalized spacial score (nSPS) is 9.94. The van der Waals surface area contributed by atoms with Gasteiger partial charge in [0.1, 0.15) is 11.5 Å². The van der Waals surface area contributed by atoms with E-state index in [4.69, 9.17) is 9.47 Å². The number of hydrogen-bond donors (Lipinski definition) is 1. The van der Waals surface area contributed by atoms with Crippen LogP contribution in [0.3, 0.4) is 0 Å². The van der Waals surface area contributed by atoms with E-state index in [1.54, 1.807) is 14.2 Å². The van der Waals surface area contributed by atoms with Crippen LogP contribution >= 0.6 is 0 Å². The van der Waals surface area contributed by atoms with Gasteiger partial charge in [-0.2, -0.15) is 0 Å². The lowest BCUT2D eigenvalue weighted by molar-refractivity contribution is -0.140. The topological polar surface area (TPSA) is 56.8 Å². The molecule has 0 saturated heterocycles. The highest BCUT2D eigenvalue weighted by Gasteiger charge is 2.05. The Balaban J connectivity index is 2.52. The highest BCUT2D eigenvalue weighted by molar-refractivity contribution is 5.69. The van der Waals surface area contributed by atoms with E-state index in [9.17, 15) is 4.79 Å². The number of hydrogen-bond acceptors (Lipinski definition) is 5. The fourth-order valence-electron chi connectivity index (χ4n) is 1.54. The van der Waals surface area contributed by atoms with Crippen LogP contribution in [0.5, 0.6) is 11.5 Å². The van der Waals surface area contributed by atoms with Gasteiger partial charge in [0, 0.05) is 18.7 Å². The predicted octanol–water partition coefficient (Wildman–Crippen LogP) is 1.36. The molecule has 0 radical (unpaired) electrons. The van der Waals surface area contributed by atoms with Crippen molar-refractivity contribution >= 4 is 5.97 Å². The van der Waals surface area contributed by atoms with E-state index in [0.717, 1.165) is 17.1 Å². The lowest BCUT2D eigenvalue weighted by Crippen LogP contribution is -2.18. The summed E-state index contributed by atoms with van der Waals surface area (Å²) in [6, 6.07) is 5.61. The number of esters is 1. The number of methoxy groups -OCH3 is 3. The SMILES string of the molecule is COC(=O)CCNCc1cc(OC)ccc1OC. The smallest absolute Gasteiger partial charge is 0.306 e. The monoisotopic (exact) mass is 253 g/mol. The molecule has 1 aromatic carbocycles. The first kappa shape index (κ1) is 14.3. The third-order valence-corrected chi connectivity index (χ3v) is 2.54. The van der Waals surface area contributed by atoms with Crippen molar-refractivity contribution in [2.45, 2.75) is 13.0 Å². The number of nitrogens with one attached hydrogen (secondary N) is 1. The lowest BCUT2D eigenvalue weighted by atomic mass is 10.2. The van der Waals surface area contributed by atoms with Gasteiger partial charge in [-0.3, -0.25) is 4.79 Å². The van der Waals surface area contributed by atoms with Gasteiger partial charge in [0.25, 0.3) is 0 Å². The Morgan fingerprint density at radius 2 is 2.00 bits per heavy atom. The number of ether oxygens (including phenoxy) is 3. The summed E-state index contributed by atoms with van der Waals surface area (Å²) in [6.07, 6.45) is 0.350. The Morgan fingerprint density at radius 3 is 2.61 bits per heavy atom. The number of carbonyl (C=O) groups excluding carboxylic acids is 1. The molecule has 0 aliphatic carbocycles. The highest BCUT2D eigenvalue weighted by Crippen LogP contribution is 2.23. The van der Waals surface area contributed by atoms with E-state index < -0.39 is 0 Å². The zero-order chi connectivity index (χ0) is 13.4. The molecule has 0 spiro atoms. The van der Waals surface area contributed by atoms with Crippen molar-refractivity contribution in [2.24, 2.45) is 0 Å². The summed E-state index contributed by atoms with van der Waals surface area (Å²) in [5, 5.41) is 3.16. The molecule has 5 nitrogen and oxygen atoms in total. The Labute approximate surface area is 107 Å².